The molecule has 10 heteroatoms. The Morgan fingerprint density at radius 2 is 2.20 bits per heavy atom. The number of anilines is 1. The molecule has 0 saturated heterocycles. The summed E-state index contributed by atoms with van der Waals surface area (Å²) in [5.74, 6) is 0.555. The van der Waals surface area contributed by atoms with Gasteiger partial charge in [0.1, 0.15) is 11.1 Å². The first-order valence-electron chi connectivity index (χ1n) is 10.2. The fourth-order valence-electron chi connectivity index (χ4n) is 4.65. The van der Waals surface area contributed by atoms with Crippen molar-refractivity contribution in [2.75, 3.05) is 11.9 Å². The summed E-state index contributed by atoms with van der Waals surface area (Å²) in [6.07, 6.45) is 3.73. The van der Waals surface area contributed by atoms with Gasteiger partial charge in [-0.1, -0.05) is 13.0 Å². The number of halogens is 1. The highest BCUT2D eigenvalue weighted by atomic mass is 32.2. The highest BCUT2D eigenvalue weighted by molar-refractivity contribution is 7.91. The Balaban J connectivity index is 1.47. The number of ether oxygens (including phenoxy) is 1. The first kappa shape index (κ1) is 19.5. The summed E-state index contributed by atoms with van der Waals surface area (Å²) in [4.78, 5) is 12.8. The lowest BCUT2D eigenvalue weighted by Crippen LogP contribution is -2.25. The molecule has 2 aromatic rings. The summed E-state index contributed by atoms with van der Waals surface area (Å²) < 4.78 is 38.1. The number of benzene rings is 1. The van der Waals surface area contributed by atoms with Crippen molar-refractivity contribution < 1.29 is 18.1 Å². The summed E-state index contributed by atoms with van der Waals surface area (Å²) >= 11 is 0. The zero-order valence-electron chi connectivity index (χ0n) is 16.7. The molecule has 0 radical (unpaired) electrons. The van der Waals surface area contributed by atoms with Crippen LogP contribution in [0.25, 0.3) is 0 Å². The second-order valence-electron chi connectivity index (χ2n) is 8.39. The SMILES string of the molecule is C[C@H]1COc2c([S@](N)(=O)=NC(=O)Nc3c4c(cc5c3C[C@H](F)C5)CCC4)cnn2C1. The zero-order valence-corrected chi connectivity index (χ0v) is 17.5. The molecule has 0 fully saturated rings. The highest BCUT2D eigenvalue weighted by Gasteiger charge is 2.30. The number of nitrogens with zero attached hydrogens (tertiary/aromatic N) is 3. The van der Waals surface area contributed by atoms with E-state index in [0.717, 1.165) is 41.5 Å². The number of urea groups is 1. The van der Waals surface area contributed by atoms with Crippen LogP contribution in [-0.2, 0) is 42.1 Å². The Labute approximate surface area is 174 Å². The third-order valence-corrected chi connectivity index (χ3v) is 7.33. The minimum absolute atomic E-state index is 0.108. The van der Waals surface area contributed by atoms with Crippen molar-refractivity contribution in [2.24, 2.45) is 15.4 Å². The number of nitrogens with one attached hydrogen (secondary N) is 1. The molecule has 3 aliphatic rings. The average molecular weight is 434 g/mol. The number of fused-ring (bicyclic) bond motifs is 3. The number of carbonyl (C=O) groups excluding carboxylic acids is 1. The van der Waals surface area contributed by atoms with Crippen LogP contribution in [0.4, 0.5) is 14.9 Å². The molecule has 0 bridgehead atoms. The smallest absolute Gasteiger partial charge is 0.354 e. The van der Waals surface area contributed by atoms with E-state index in [1.165, 1.54) is 6.20 Å². The molecule has 3 atom stereocenters. The van der Waals surface area contributed by atoms with Crippen LogP contribution < -0.4 is 15.2 Å². The summed E-state index contributed by atoms with van der Waals surface area (Å²) in [6, 6.07) is 1.25. The van der Waals surface area contributed by atoms with Gasteiger partial charge in [-0.25, -0.2) is 23.2 Å². The molecule has 5 rings (SSSR count). The second-order valence-corrected chi connectivity index (χ2v) is 10.1. The fraction of sp³-hybridized carbons (Fsp3) is 0.500. The first-order valence-corrected chi connectivity index (χ1v) is 11.7. The maximum absolute atomic E-state index is 14.0. The topological polar surface area (TPSA) is 112 Å². The van der Waals surface area contributed by atoms with E-state index in [2.05, 4.69) is 20.8 Å². The van der Waals surface area contributed by atoms with Crippen molar-refractivity contribution in [3.05, 3.63) is 34.5 Å². The molecular weight excluding hydrogens is 409 g/mol. The van der Waals surface area contributed by atoms with Gasteiger partial charge >= 0.3 is 6.03 Å². The summed E-state index contributed by atoms with van der Waals surface area (Å²) in [7, 11) is -3.55. The zero-order chi connectivity index (χ0) is 21.0. The average Bonchev–Trinajstić information content (AvgIpc) is 3.37. The molecule has 0 saturated carbocycles. The van der Waals surface area contributed by atoms with Crippen molar-refractivity contribution in [2.45, 2.75) is 56.6 Å². The van der Waals surface area contributed by atoms with Gasteiger partial charge in [0.25, 0.3) is 0 Å². The molecule has 160 valence electrons. The van der Waals surface area contributed by atoms with Crippen molar-refractivity contribution in [3.63, 3.8) is 0 Å². The van der Waals surface area contributed by atoms with Crippen LogP contribution in [0.1, 0.15) is 35.6 Å². The Bertz CT molecular complexity index is 1170. The predicted molar refractivity (Wildman–Crippen MR) is 110 cm³/mol. The van der Waals surface area contributed by atoms with E-state index < -0.39 is 22.1 Å². The van der Waals surface area contributed by atoms with E-state index in [1.54, 1.807) is 4.68 Å². The maximum atomic E-state index is 14.0. The van der Waals surface area contributed by atoms with Gasteiger partial charge in [0.05, 0.1) is 19.3 Å². The van der Waals surface area contributed by atoms with Crippen LogP contribution in [0, 0.1) is 5.92 Å². The third kappa shape index (κ3) is 3.27. The second kappa shape index (κ2) is 7.05. The molecular formula is C20H24FN5O3S. The first-order chi connectivity index (χ1) is 14.3. The largest absolute Gasteiger partial charge is 0.477 e. The molecule has 2 heterocycles. The molecule has 0 unspecified atom stereocenters. The molecule has 1 aromatic heterocycles. The lowest BCUT2D eigenvalue weighted by molar-refractivity contribution is 0.171. The summed E-state index contributed by atoms with van der Waals surface area (Å²) in [5, 5.41) is 12.9. The normalized spacial score (nSPS) is 23.7. The minimum Gasteiger partial charge on any atom is -0.477 e. The number of carbonyl (C=O) groups is 1. The van der Waals surface area contributed by atoms with E-state index in [1.807, 2.05) is 6.92 Å². The quantitative estimate of drug-likeness (QED) is 0.758. The van der Waals surface area contributed by atoms with Gasteiger partial charge in [-0.3, -0.25) is 0 Å². The predicted octanol–water partition coefficient (Wildman–Crippen LogP) is 2.77. The Hall–Kier alpha value is -2.46. The number of hydrogen-bond donors (Lipinski definition) is 2. The molecule has 30 heavy (non-hydrogen) atoms. The Kier molecular flexibility index (Phi) is 4.59. The van der Waals surface area contributed by atoms with E-state index in [-0.39, 0.29) is 17.2 Å². The molecule has 2 aliphatic carbocycles. The van der Waals surface area contributed by atoms with Crippen LogP contribution in [0.2, 0.25) is 0 Å². The van der Waals surface area contributed by atoms with Crippen LogP contribution >= 0.6 is 0 Å². The van der Waals surface area contributed by atoms with Crippen LogP contribution in [-0.4, -0.2) is 32.8 Å². The van der Waals surface area contributed by atoms with Crippen LogP contribution in [0.15, 0.2) is 21.5 Å². The fourth-order valence-corrected chi connectivity index (χ4v) is 5.66. The number of aromatic nitrogens is 2. The van der Waals surface area contributed by atoms with Gasteiger partial charge in [-0.2, -0.15) is 5.10 Å². The Morgan fingerprint density at radius 3 is 3.03 bits per heavy atom. The third-order valence-electron chi connectivity index (χ3n) is 5.98. The number of hydrogen-bond acceptors (Lipinski definition) is 4. The van der Waals surface area contributed by atoms with E-state index in [0.29, 0.717) is 31.1 Å². The number of aryl methyl sites for hydroxylation is 1. The number of nitrogens with two attached hydrogens (primary N) is 1. The van der Waals surface area contributed by atoms with Crippen molar-refractivity contribution in [1.29, 1.82) is 0 Å². The molecule has 2 amide bonds. The lowest BCUT2D eigenvalue weighted by atomic mass is 9.99. The highest BCUT2D eigenvalue weighted by Crippen LogP contribution is 2.39. The summed E-state index contributed by atoms with van der Waals surface area (Å²) in [6.45, 7) is 3.08. The van der Waals surface area contributed by atoms with Crippen molar-refractivity contribution in [1.82, 2.24) is 9.78 Å². The van der Waals surface area contributed by atoms with Crippen LogP contribution in [0.3, 0.4) is 0 Å². The van der Waals surface area contributed by atoms with E-state index in [9.17, 15) is 13.4 Å². The molecule has 0 spiro atoms. The van der Waals surface area contributed by atoms with Gasteiger partial charge in [-0.15, -0.1) is 4.36 Å². The standard InChI is InChI=1S/C20H24FN5O3S/c1-11-9-26-19(29-10-11)17(8-23-26)30(22,28)25-20(27)24-18-15-4-2-3-12(15)5-13-6-14(21)7-16(13)18/h5,8,11,14H,2-4,6-7,9-10H2,1H3,(H3,22,24,25,27,28)/t11-,14-,30-/m1/s1. The maximum Gasteiger partial charge on any atom is 0.354 e. The molecule has 1 aromatic carbocycles. The van der Waals surface area contributed by atoms with E-state index in [4.69, 9.17) is 9.88 Å². The summed E-state index contributed by atoms with van der Waals surface area (Å²) in [5.41, 5.74) is 4.52. The monoisotopic (exact) mass is 433 g/mol. The number of rotatable bonds is 2. The minimum atomic E-state index is -3.55. The molecule has 3 N–H and O–H groups in total. The van der Waals surface area contributed by atoms with Gasteiger partial charge in [-0.05, 0) is 41.5 Å². The number of amides is 2. The molecule has 1 aliphatic heterocycles. The van der Waals surface area contributed by atoms with Gasteiger partial charge in [0.15, 0.2) is 9.92 Å². The van der Waals surface area contributed by atoms with Crippen molar-refractivity contribution >= 4 is 21.6 Å². The lowest BCUT2D eigenvalue weighted by Gasteiger charge is -2.21. The van der Waals surface area contributed by atoms with Crippen LogP contribution in [0.5, 0.6) is 5.88 Å². The van der Waals surface area contributed by atoms with Gasteiger partial charge in [0, 0.05) is 24.4 Å². The molecule has 8 nitrogen and oxygen atoms in total. The van der Waals surface area contributed by atoms with Crippen molar-refractivity contribution in [3.8, 4) is 5.88 Å². The van der Waals surface area contributed by atoms with E-state index >= 15 is 0 Å². The number of alkyl halides is 1. The van der Waals surface area contributed by atoms with Gasteiger partial charge < -0.3 is 10.1 Å². The van der Waals surface area contributed by atoms with Gasteiger partial charge in [0.2, 0.25) is 5.88 Å². The Morgan fingerprint density at radius 1 is 1.37 bits per heavy atom.